The van der Waals surface area contributed by atoms with Gasteiger partial charge in [0.2, 0.25) is 0 Å². The number of hydrogen-bond donors (Lipinski definition) is 2. The van der Waals surface area contributed by atoms with Gasteiger partial charge in [-0.3, -0.25) is 4.79 Å². The Morgan fingerprint density at radius 3 is 2.83 bits per heavy atom. The quantitative estimate of drug-likeness (QED) is 0.866. The van der Waals surface area contributed by atoms with Gasteiger partial charge in [-0.2, -0.15) is 0 Å². The molecule has 0 spiro atoms. The zero-order chi connectivity index (χ0) is 13.3. The van der Waals surface area contributed by atoms with Gasteiger partial charge in [-0.1, -0.05) is 12.1 Å². The molecule has 1 heterocycles. The molecule has 18 heavy (non-hydrogen) atoms. The molecule has 1 atom stereocenters. The molecule has 4 nitrogen and oxygen atoms in total. The highest BCUT2D eigenvalue weighted by molar-refractivity contribution is 7.99. The predicted molar refractivity (Wildman–Crippen MR) is 69.7 cm³/mol. The molecule has 3 N–H and O–H groups in total. The van der Waals surface area contributed by atoms with Crippen LogP contribution in [0.5, 0.6) is 0 Å². The van der Waals surface area contributed by atoms with Gasteiger partial charge in [0.15, 0.2) is 0 Å². The van der Waals surface area contributed by atoms with Crippen molar-refractivity contribution in [2.75, 3.05) is 5.75 Å². The summed E-state index contributed by atoms with van der Waals surface area (Å²) in [6.45, 7) is 1.51. The Hall–Kier alpha value is -1.33. The minimum Gasteiger partial charge on any atom is -0.480 e. The predicted octanol–water partition coefficient (Wildman–Crippen LogP) is 1.55. The minimum atomic E-state index is -1.33. The van der Waals surface area contributed by atoms with Crippen LogP contribution in [0, 0.1) is 0 Å². The van der Waals surface area contributed by atoms with Crippen molar-refractivity contribution in [2.24, 2.45) is 5.73 Å². The maximum absolute atomic E-state index is 11.4. The van der Waals surface area contributed by atoms with Gasteiger partial charge in [-0.25, -0.2) is 4.79 Å². The van der Waals surface area contributed by atoms with E-state index in [0.717, 1.165) is 10.5 Å². The number of carbonyl (C=O) groups is 2. The molecule has 0 fully saturated rings. The third-order valence-corrected chi connectivity index (χ3v) is 4.19. The number of rotatable bonds is 3. The van der Waals surface area contributed by atoms with Crippen LogP contribution in [-0.2, 0) is 21.5 Å². The normalized spacial score (nSPS) is 22.3. The monoisotopic (exact) mass is 265 g/mol. The van der Waals surface area contributed by atoms with Crippen LogP contribution in [-0.4, -0.2) is 22.6 Å². The Labute approximate surface area is 110 Å². The van der Waals surface area contributed by atoms with Crippen LogP contribution >= 0.6 is 11.8 Å². The van der Waals surface area contributed by atoms with E-state index in [0.29, 0.717) is 24.2 Å². The third-order valence-electron chi connectivity index (χ3n) is 3.11. The van der Waals surface area contributed by atoms with Gasteiger partial charge in [0.05, 0.1) is 0 Å². The Balaban J connectivity index is 2.47. The number of benzene rings is 1. The number of ketones is 1. The molecular weight excluding hydrogens is 250 g/mol. The zero-order valence-electron chi connectivity index (χ0n) is 10.1. The molecule has 5 heteroatoms. The molecule has 1 aliphatic rings. The maximum Gasteiger partial charge on any atom is 0.328 e. The summed E-state index contributed by atoms with van der Waals surface area (Å²) < 4.78 is 0. The highest BCUT2D eigenvalue weighted by Crippen LogP contribution is 2.39. The maximum atomic E-state index is 11.4. The van der Waals surface area contributed by atoms with Crippen molar-refractivity contribution in [3.8, 4) is 0 Å². The van der Waals surface area contributed by atoms with E-state index < -0.39 is 11.5 Å². The molecule has 1 unspecified atom stereocenters. The van der Waals surface area contributed by atoms with Gasteiger partial charge in [-0.05, 0) is 30.5 Å². The number of nitrogens with two attached hydrogens (primary N) is 1. The van der Waals surface area contributed by atoms with Gasteiger partial charge in [-0.15, -0.1) is 11.8 Å². The highest BCUT2D eigenvalue weighted by Gasteiger charge is 2.40. The molecule has 2 rings (SSSR count). The van der Waals surface area contributed by atoms with Crippen molar-refractivity contribution >= 4 is 23.5 Å². The summed E-state index contributed by atoms with van der Waals surface area (Å²) in [5.41, 5.74) is 6.14. The molecule has 96 valence electrons. The largest absolute Gasteiger partial charge is 0.480 e. The fraction of sp³-hybridized carbons (Fsp3) is 0.385. The number of aliphatic carboxylic acids is 1. The number of fused-ring (bicyclic) bond motifs is 1. The fourth-order valence-corrected chi connectivity index (χ4v) is 3.33. The average Bonchev–Trinajstić information content (AvgIpc) is 2.29. The van der Waals surface area contributed by atoms with Crippen LogP contribution < -0.4 is 5.73 Å². The van der Waals surface area contributed by atoms with Crippen LogP contribution in [0.1, 0.15) is 24.5 Å². The molecule has 0 saturated carbocycles. The second-order valence-electron chi connectivity index (χ2n) is 4.58. The van der Waals surface area contributed by atoms with Crippen LogP contribution in [0.3, 0.4) is 0 Å². The van der Waals surface area contributed by atoms with Gasteiger partial charge in [0.1, 0.15) is 11.3 Å². The van der Waals surface area contributed by atoms with E-state index in [1.54, 1.807) is 17.8 Å². The van der Waals surface area contributed by atoms with Crippen LogP contribution in [0.2, 0.25) is 0 Å². The molecule has 0 aliphatic carbocycles. The van der Waals surface area contributed by atoms with E-state index in [-0.39, 0.29) is 5.78 Å². The van der Waals surface area contributed by atoms with E-state index in [1.807, 2.05) is 12.1 Å². The number of carboxylic acid groups (broad SMARTS) is 1. The Morgan fingerprint density at radius 2 is 2.22 bits per heavy atom. The standard InChI is InChI=1S/C13H15NO3S/c1-8(15)6-9-2-3-11-10(7-9)13(14,12(16)17)4-5-18-11/h2-3,7H,4-6,14H2,1H3,(H,16,17). The summed E-state index contributed by atoms with van der Waals surface area (Å²) >= 11 is 1.61. The van der Waals surface area contributed by atoms with Gasteiger partial charge in [0, 0.05) is 17.1 Å². The fourth-order valence-electron chi connectivity index (χ4n) is 2.13. The summed E-state index contributed by atoms with van der Waals surface area (Å²) in [5, 5.41) is 9.32. The lowest BCUT2D eigenvalue weighted by Crippen LogP contribution is -2.47. The van der Waals surface area contributed by atoms with E-state index >= 15 is 0 Å². The van der Waals surface area contributed by atoms with Crippen LogP contribution in [0.15, 0.2) is 23.1 Å². The second-order valence-corrected chi connectivity index (χ2v) is 5.72. The van der Waals surface area contributed by atoms with Crippen molar-refractivity contribution in [1.82, 2.24) is 0 Å². The minimum absolute atomic E-state index is 0.0522. The molecule has 1 aliphatic heterocycles. The van der Waals surface area contributed by atoms with E-state index in [9.17, 15) is 14.7 Å². The molecule has 0 aromatic heterocycles. The molecule has 0 amide bonds. The summed E-state index contributed by atoms with van der Waals surface area (Å²) in [7, 11) is 0. The van der Waals surface area contributed by atoms with E-state index in [4.69, 9.17) is 5.73 Å². The number of carboxylic acids is 1. The summed E-state index contributed by atoms with van der Waals surface area (Å²) in [6.07, 6.45) is 0.719. The van der Waals surface area contributed by atoms with Crippen molar-refractivity contribution in [3.63, 3.8) is 0 Å². The topological polar surface area (TPSA) is 80.4 Å². The van der Waals surface area contributed by atoms with Gasteiger partial charge >= 0.3 is 5.97 Å². The number of hydrogen-bond acceptors (Lipinski definition) is 4. The van der Waals surface area contributed by atoms with Gasteiger partial charge in [0.25, 0.3) is 0 Å². The lowest BCUT2D eigenvalue weighted by molar-refractivity contribution is -0.144. The smallest absolute Gasteiger partial charge is 0.328 e. The van der Waals surface area contributed by atoms with E-state index in [2.05, 4.69) is 0 Å². The molecule has 1 aromatic carbocycles. The van der Waals surface area contributed by atoms with Crippen molar-refractivity contribution in [2.45, 2.75) is 30.2 Å². The molecular formula is C13H15NO3S. The van der Waals surface area contributed by atoms with Crippen LogP contribution in [0.25, 0.3) is 0 Å². The van der Waals surface area contributed by atoms with Crippen molar-refractivity contribution in [3.05, 3.63) is 29.3 Å². The highest BCUT2D eigenvalue weighted by atomic mass is 32.2. The summed E-state index contributed by atoms with van der Waals surface area (Å²) in [6, 6.07) is 5.49. The average molecular weight is 265 g/mol. The van der Waals surface area contributed by atoms with Gasteiger partial charge < -0.3 is 10.8 Å². The molecule has 0 saturated heterocycles. The first kappa shape index (κ1) is 13.1. The Morgan fingerprint density at radius 1 is 1.50 bits per heavy atom. The number of carbonyl (C=O) groups excluding carboxylic acids is 1. The lowest BCUT2D eigenvalue weighted by Gasteiger charge is -2.31. The SMILES string of the molecule is CC(=O)Cc1ccc2c(c1)C(N)(C(=O)O)CCS2. The number of thioether (sulfide) groups is 1. The molecule has 0 radical (unpaired) electrons. The van der Waals surface area contributed by atoms with Crippen LogP contribution in [0.4, 0.5) is 0 Å². The molecule has 0 bridgehead atoms. The zero-order valence-corrected chi connectivity index (χ0v) is 10.9. The van der Waals surface area contributed by atoms with Crippen molar-refractivity contribution in [1.29, 1.82) is 0 Å². The van der Waals surface area contributed by atoms with E-state index in [1.165, 1.54) is 6.92 Å². The summed E-state index contributed by atoms with van der Waals surface area (Å²) in [5.74, 6) is -0.262. The lowest BCUT2D eigenvalue weighted by atomic mass is 9.86. The summed E-state index contributed by atoms with van der Waals surface area (Å²) in [4.78, 5) is 23.4. The first-order chi connectivity index (χ1) is 8.43. The molecule has 1 aromatic rings. The first-order valence-corrected chi connectivity index (χ1v) is 6.70. The Kier molecular flexibility index (Phi) is 3.45. The van der Waals surface area contributed by atoms with Crippen molar-refractivity contribution < 1.29 is 14.7 Å². The first-order valence-electron chi connectivity index (χ1n) is 5.71. The third kappa shape index (κ3) is 2.28. The Bertz CT molecular complexity index is 515. The number of Topliss-reactive ketones (excluding diaryl/α,β-unsaturated/α-hetero) is 1. The second kappa shape index (κ2) is 4.74.